The third-order valence-electron chi connectivity index (χ3n) is 3.36. The SMILES string of the molecule is CNCc1cnc(CC2CCOC2)nc1C(C)C. The van der Waals surface area contributed by atoms with E-state index in [9.17, 15) is 0 Å². The van der Waals surface area contributed by atoms with Gasteiger partial charge in [-0.25, -0.2) is 9.97 Å². The third-order valence-corrected chi connectivity index (χ3v) is 3.36. The highest BCUT2D eigenvalue weighted by Crippen LogP contribution is 2.20. The number of rotatable bonds is 5. The molecule has 4 nitrogen and oxygen atoms in total. The molecule has 1 unspecified atom stereocenters. The number of nitrogens with zero attached hydrogens (tertiary/aromatic N) is 2. The normalized spacial score (nSPS) is 19.7. The van der Waals surface area contributed by atoms with Gasteiger partial charge in [0.2, 0.25) is 0 Å². The zero-order valence-corrected chi connectivity index (χ0v) is 11.6. The third kappa shape index (κ3) is 3.27. The van der Waals surface area contributed by atoms with Crippen LogP contribution >= 0.6 is 0 Å². The van der Waals surface area contributed by atoms with Gasteiger partial charge in [-0.05, 0) is 25.3 Å². The summed E-state index contributed by atoms with van der Waals surface area (Å²) in [7, 11) is 1.95. The summed E-state index contributed by atoms with van der Waals surface area (Å²) in [5, 5.41) is 3.17. The van der Waals surface area contributed by atoms with Crippen molar-refractivity contribution in [1.82, 2.24) is 15.3 Å². The van der Waals surface area contributed by atoms with Crippen LogP contribution in [0.15, 0.2) is 6.20 Å². The summed E-state index contributed by atoms with van der Waals surface area (Å²) < 4.78 is 5.40. The maximum Gasteiger partial charge on any atom is 0.128 e. The van der Waals surface area contributed by atoms with E-state index in [1.807, 2.05) is 13.2 Å². The van der Waals surface area contributed by atoms with Crippen molar-refractivity contribution in [3.05, 3.63) is 23.3 Å². The smallest absolute Gasteiger partial charge is 0.128 e. The number of ether oxygens (including phenoxy) is 1. The van der Waals surface area contributed by atoms with Crippen LogP contribution < -0.4 is 5.32 Å². The first kappa shape index (κ1) is 13.4. The second-order valence-corrected chi connectivity index (χ2v) is 5.32. The predicted octanol–water partition coefficient (Wildman–Crippen LogP) is 1.90. The van der Waals surface area contributed by atoms with E-state index in [1.165, 1.54) is 11.3 Å². The predicted molar refractivity (Wildman–Crippen MR) is 71.5 cm³/mol. The highest BCUT2D eigenvalue weighted by atomic mass is 16.5. The van der Waals surface area contributed by atoms with Crippen molar-refractivity contribution in [3.63, 3.8) is 0 Å². The van der Waals surface area contributed by atoms with Crippen molar-refractivity contribution in [2.24, 2.45) is 5.92 Å². The van der Waals surface area contributed by atoms with E-state index in [1.54, 1.807) is 0 Å². The number of aromatic nitrogens is 2. The molecule has 0 radical (unpaired) electrons. The van der Waals surface area contributed by atoms with E-state index in [0.29, 0.717) is 11.8 Å². The fourth-order valence-electron chi connectivity index (χ4n) is 2.39. The molecule has 1 aromatic heterocycles. The van der Waals surface area contributed by atoms with Gasteiger partial charge >= 0.3 is 0 Å². The Balaban J connectivity index is 2.13. The van der Waals surface area contributed by atoms with E-state index in [-0.39, 0.29) is 0 Å². The maximum absolute atomic E-state index is 5.40. The Morgan fingerprint density at radius 3 is 2.94 bits per heavy atom. The lowest BCUT2D eigenvalue weighted by atomic mass is 10.0. The van der Waals surface area contributed by atoms with Crippen LogP contribution in [0.25, 0.3) is 0 Å². The molecule has 1 aliphatic heterocycles. The summed E-state index contributed by atoms with van der Waals surface area (Å²) in [5.41, 5.74) is 2.38. The van der Waals surface area contributed by atoms with Gasteiger partial charge in [0, 0.05) is 37.9 Å². The fraction of sp³-hybridized carbons (Fsp3) is 0.714. The molecule has 1 aromatic rings. The fourth-order valence-corrected chi connectivity index (χ4v) is 2.39. The Morgan fingerprint density at radius 1 is 1.50 bits per heavy atom. The van der Waals surface area contributed by atoms with Crippen LogP contribution in [-0.4, -0.2) is 30.2 Å². The van der Waals surface area contributed by atoms with Crippen molar-refractivity contribution in [2.45, 2.75) is 39.2 Å². The molecule has 2 rings (SSSR count). The first-order chi connectivity index (χ1) is 8.70. The first-order valence-corrected chi connectivity index (χ1v) is 6.77. The molecular formula is C14H23N3O. The lowest BCUT2D eigenvalue weighted by Gasteiger charge is -2.14. The molecular weight excluding hydrogens is 226 g/mol. The number of hydrogen-bond donors (Lipinski definition) is 1. The molecule has 4 heteroatoms. The van der Waals surface area contributed by atoms with Crippen LogP contribution in [0.1, 0.15) is 43.3 Å². The van der Waals surface area contributed by atoms with E-state index in [0.717, 1.165) is 38.4 Å². The molecule has 100 valence electrons. The highest BCUT2D eigenvalue weighted by molar-refractivity contribution is 5.20. The lowest BCUT2D eigenvalue weighted by Crippen LogP contribution is -2.14. The average Bonchev–Trinajstić information content (AvgIpc) is 2.84. The van der Waals surface area contributed by atoms with Crippen LogP contribution in [0.5, 0.6) is 0 Å². The van der Waals surface area contributed by atoms with Gasteiger partial charge in [-0.15, -0.1) is 0 Å². The largest absolute Gasteiger partial charge is 0.381 e. The van der Waals surface area contributed by atoms with Gasteiger partial charge in [-0.2, -0.15) is 0 Å². The van der Waals surface area contributed by atoms with Crippen LogP contribution in [0.3, 0.4) is 0 Å². The van der Waals surface area contributed by atoms with E-state index in [4.69, 9.17) is 9.72 Å². The summed E-state index contributed by atoms with van der Waals surface area (Å²) in [6.07, 6.45) is 4.06. The minimum absolute atomic E-state index is 0.440. The number of hydrogen-bond acceptors (Lipinski definition) is 4. The molecule has 1 fully saturated rings. The van der Waals surface area contributed by atoms with E-state index >= 15 is 0 Å². The Kier molecular flexibility index (Phi) is 4.66. The monoisotopic (exact) mass is 249 g/mol. The van der Waals surface area contributed by atoms with E-state index in [2.05, 4.69) is 24.1 Å². The molecule has 1 aliphatic rings. The van der Waals surface area contributed by atoms with Crippen LogP contribution in [-0.2, 0) is 17.7 Å². The van der Waals surface area contributed by atoms with Crippen molar-refractivity contribution in [1.29, 1.82) is 0 Å². The summed E-state index contributed by atoms with van der Waals surface area (Å²) in [4.78, 5) is 9.24. The quantitative estimate of drug-likeness (QED) is 0.866. The molecule has 0 aliphatic carbocycles. The maximum atomic E-state index is 5.40. The minimum Gasteiger partial charge on any atom is -0.381 e. The minimum atomic E-state index is 0.440. The molecule has 0 aromatic carbocycles. The molecule has 1 N–H and O–H groups in total. The Labute approximate surface area is 109 Å². The van der Waals surface area contributed by atoms with Gasteiger partial charge in [0.1, 0.15) is 5.82 Å². The molecule has 1 saturated heterocycles. The average molecular weight is 249 g/mol. The molecule has 1 atom stereocenters. The molecule has 0 bridgehead atoms. The first-order valence-electron chi connectivity index (χ1n) is 6.77. The lowest BCUT2D eigenvalue weighted by molar-refractivity contribution is 0.185. The highest BCUT2D eigenvalue weighted by Gasteiger charge is 2.18. The Morgan fingerprint density at radius 2 is 2.33 bits per heavy atom. The van der Waals surface area contributed by atoms with Gasteiger partial charge in [-0.1, -0.05) is 13.8 Å². The topological polar surface area (TPSA) is 47.0 Å². The van der Waals surface area contributed by atoms with Gasteiger partial charge in [0.25, 0.3) is 0 Å². The standard InChI is InChI=1S/C14H23N3O/c1-10(2)14-12(7-15-3)8-16-13(17-14)6-11-4-5-18-9-11/h8,10-11,15H,4-7,9H2,1-3H3. The zero-order chi connectivity index (χ0) is 13.0. The summed E-state index contributed by atoms with van der Waals surface area (Å²) in [6, 6.07) is 0. The van der Waals surface area contributed by atoms with Crippen LogP contribution in [0.2, 0.25) is 0 Å². The van der Waals surface area contributed by atoms with E-state index < -0.39 is 0 Å². The van der Waals surface area contributed by atoms with Crippen LogP contribution in [0, 0.1) is 5.92 Å². The second kappa shape index (κ2) is 6.25. The van der Waals surface area contributed by atoms with Gasteiger partial charge in [0.15, 0.2) is 0 Å². The number of nitrogens with one attached hydrogen (secondary N) is 1. The zero-order valence-electron chi connectivity index (χ0n) is 11.6. The second-order valence-electron chi connectivity index (χ2n) is 5.32. The molecule has 18 heavy (non-hydrogen) atoms. The summed E-state index contributed by atoms with van der Waals surface area (Å²) >= 11 is 0. The Hall–Kier alpha value is -1.00. The summed E-state index contributed by atoms with van der Waals surface area (Å²) in [6.45, 7) is 6.95. The Bertz CT molecular complexity index is 387. The summed E-state index contributed by atoms with van der Waals surface area (Å²) in [5.74, 6) is 2.00. The van der Waals surface area contributed by atoms with Gasteiger partial charge in [0.05, 0.1) is 5.69 Å². The molecule has 0 amide bonds. The molecule has 0 saturated carbocycles. The molecule has 0 spiro atoms. The van der Waals surface area contributed by atoms with Gasteiger partial charge < -0.3 is 10.1 Å². The van der Waals surface area contributed by atoms with Crippen molar-refractivity contribution in [3.8, 4) is 0 Å². The van der Waals surface area contributed by atoms with Crippen LogP contribution in [0.4, 0.5) is 0 Å². The van der Waals surface area contributed by atoms with Crippen molar-refractivity contribution < 1.29 is 4.74 Å². The van der Waals surface area contributed by atoms with Gasteiger partial charge in [-0.3, -0.25) is 0 Å². The van der Waals surface area contributed by atoms with Crippen molar-refractivity contribution in [2.75, 3.05) is 20.3 Å². The molecule has 2 heterocycles. The van der Waals surface area contributed by atoms with Crippen molar-refractivity contribution >= 4 is 0 Å².